The average molecular weight is 364 g/mol. The molecule has 0 saturated carbocycles. The van der Waals surface area contributed by atoms with Gasteiger partial charge in [-0.15, -0.1) is 0 Å². The second-order valence-electron chi connectivity index (χ2n) is 6.94. The van der Waals surface area contributed by atoms with E-state index in [2.05, 4.69) is 27.1 Å². The van der Waals surface area contributed by atoms with E-state index in [-0.39, 0.29) is 5.91 Å². The van der Waals surface area contributed by atoms with Crippen LogP contribution in [0, 0.1) is 13.8 Å². The van der Waals surface area contributed by atoms with E-state index in [9.17, 15) is 4.79 Å². The summed E-state index contributed by atoms with van der Waals surface area (Å²) >= 11 is 0. The van der Waals surface area contributed by atoms with Gasteiger partial charge in [-0.2, -0.15) is 0 Å². The van der Waals surface area contributed by atoms with E-state index in [0.717, 1.165) is 54.3 Å². The summed E-state index contributed by atoms with van der Waals surface area (Å²) in [6.45, 7) is 7.78. The SMILES string of the molecule is Cc1[nH]c2ccc(C(=O)NCc3ccc(N4CCOCC4)nc3)cc2c1C. The van der Waals surface area contributed by atoms with Gasteiger partial charge in [-0.3, -0.25) is 4.79 Å². The first kappa shape index (κ1) is 17.5. The highest BCUT2D eigenvalue weighted by atomic mass is 16.5. The zero-order valence-corrected chi connectivity index (χ0v) is 15.7. The molecule has 2 N–H and O–H groups in total. The Morgan fingerprint density at radius 3 is 2.78 bits per heavy atom. The molecule has 1 aliphatic rings. The van der Waals surface area contributed by atoms with Crippen molar-refractivity contribution in [1.82, 2.24) is 15.3 Å². The molecule has 6 heteroatoms. The molecule has 1 saturated heterocycles. The Morgan fingerprint density at radius 1 is 1.22 bits per heavy atom. The molecule has 0 unspecified atom stereocenters. The van der Waals surface area contributed by atoms with Crippen molar-refractivity contribution < 1.29 is 9.53 Å². The third-order valence-electron chi connectivity index (χ3n) is 5.17. The molecular weight excluding hydrogens is 340 g/mol. The maximum absolute atomic E-state index is 12.5. The lowest BCUT2D eigenvalue weighted by Crippen LogP contribution is -2.36. The molecule has 27 heavy (non-hydrogen) atoms. The van der Waals surface area contributed by atoms with E-state index in [0.29, 0.717) is 12.1 Å². The monoisotopic (exact) mass is 364 g/mol. The lowest BCUT2D eigenvalue weighted by atomic mass is 10.1. The van der Waals surface area contributed by atoms with E-state index >= 15 is 0 Å². The molecule has 0 spiro atoms. The Labute approximate surface area is 158 Å². The number of carbonyl (C=O) groups is 1. The summed E-state index contributed by atoms with van der Waals surface area (Å²) in [5.74, 6) is 0.879. The minimum absolute atomic E-state index is 0.0765. The largest absolute Gasteiger partial charge is 0.378 e. The maximum Gasteiger partial charge on any atom is 0.251 e. The highest BCUT2D eigenvalue weighted by Gasteiger charge is 2.13. The van der Waals surface area contributed by atoms with E-state index in [1.165, 1.54) is 5.56 Å². The number of H-pyrrole nitrogens is 1. The molecule has 1 amide bonds. The van der Waals surface area contributed by atoms with Crippen LogP contribution in [0.1, 0.15) is 27.2 Å². The van der Waals surface area contributed by atoms with Gasteiger partial charge in [0, 0.05) is 48.0 Å². The number of amides is 1. The van der Waals surface area contributed by atoms with Crippen molar-refractivity contribution >= 4 is 22.6 Å². The van der Waals surface area contributed by atoms with Crippen LogP contribution in [0.4, 0.5) is 5.82 Å². The molecular formula is C21H24N4O2. The molecule has 0 atom stereocenters. The summed E-state index contributed by atoms with van der Waals surface area (Å²) < 4.78 is 5.37. The van der Waals surface area contributed by atoms with Gasteiger partial charge in [0.1, 0.15) is 5.82 Å². The Balaban J connectivity index is 1.40. The summed E-state index contributed by atoms with van der Waals surface area (Å²) in [5.41, 5.74) is 5.03. The molecule has 140 valence electrons. The Kier molecular flexibility index (Phi) is 4.81. The molecule has 3 aromatic rings. The van der Waals surface area contributed by atoms with Gasteiger partial charge < -0.3 is 19.9 Å². The van der Waals surface area contributed by atoms with Crippen LogP contribution in [0.2, 0.25) is 0 Å². The minimum atomic E-state index is -0.0765. The molecule has 1 fully saturated rings. The van der Waals surface area contributed by atoms with Crippen molar-refractivity contribution in [3.63, 3.8) is 0 Å². The summed E-state index contributed by atoms with van der Waals surface area (Å²) in [4.78, 5) is 22.6. The zero-order valence-electron chi connectivity index (χ0n) is 15.7. The van der Waals surface area contributed by atoms with Crippen LogP contribution in [0.3, 0.4) is 0 Å². The molecule has 6 nitrogen and oxygen atoms in total. The molecule has 4 rings (SSSR count). The second kappa shape index (κ2) is 7.40. The van der Waals surface area contributed by atoms with Crippen molar-refractivity contribution in [3.8, 4) is 0 Å². The Morgan fingerprint density at radius 2 is 2.04 bits per heavy atom. The van der Waals surface area contributed by atoms with Gasteiger partial charge in [0.15, 0.2) is 0 Å². The van der Waals surface area contributed by atoms with Crippen LogP contribution in [-0.2, 0) is 11.3 Å². The third kappa shape index (κ3) is 3.66. The lowest BCUT2D eigenvalue weighted by Gasteiger charge is -2.27. The summed E-state index contributed by atoms with van der Waals surface area (Å²) in [6, 6.07) is 9.78. The number of aromatic nitrogens is 2. The number of anilines is 1. The number of rotatable bonds is 4. The number of aryl methyl sites for hydroxylation is 2. The quantitative estimate of drug-likeness (QED) is 0.747. The predicted octanol–water partition coefficient (Wildman–Crippen LogP) is 2.95. The van der Waals surface area contributed by atoms with E-state index in [1.807, 2.05) is 43.5 Å². The predicted molar refractivity (Wildman–Crippen MR) is 106 cm³/mol. The molecule has 0 radical (unpaired) electrons. The number of fused-ring (bicyclic) bond motifs is 1. The fraction of sp³-hybridized carbons (Fsp3) is 0.333. The molecule has 0 bridgehead atoms. The number of aromatic amines is 1. The first-order valence-corrected chi connectivity index (χ1v) is 9.26. The summed E-state index contributed by atoms with van der Waals surface area (Å²) in [5, 5.41) is 4.08. The standard InChI is InChI=1S/C21H24N4O2/c1-14-15(2)24-19-5-4-17(11-18(14)19)21(26)23-13-16-3-6-20(22-12-16)25-7-9-27-10-8-25/h3-6,11-12,24H,7-10,13H2,1-2H3,(H,23,26). The molecule has 3 heterocycles. The lowest BCUT2D eigenvalue weighted by molar-refractivity contribution is 0.0951. The van der Waals surface area contributed by atoms with Gasteiger partial charge in [0.2, 0.25) is 0 Å². The number of hydrogen-bond acceptors (Lipinski definition) is 4. The fourth-order valence-corrected chi connectivity index (χ4v) is 3.39. The van der Waals surface area contributed by atoms with Gasteiger partial charge in [0.25, 0.3) is 5.91 Å². The number of ether oxygens (including phenoxy) is 1. The number of pyridine rings is 1. The van der Waals surface area contributed by atoms with Gasteiger partial charge in [-0.1, -0.05) is 6.07 Å². The van der Waals surface area contributed by atoms with Crippen LogP contribution in [0.5, 0.6) is 0 Å². The molecule has 2 aromatic heterocycles. The number of carbonyl (C=O) groups excluding carboxylic acids is 1. The maximum atomic E-state index is 12.5. The van der Waals surface area contributed by atoms with Gasteiger partial charge in [0.05, 0.1) is 13.2 Å². The first-order chi connectivity index (χ1) is 13.1. The Hall–Kier alpha value is -2.86. The number of morpholine rings is 1. The van der Waals surface area contributed by atoms with Crippen molar-refractivity contribution in [3.05, 3.63) is 58.9 Å². The summed E-state index contributed by atoms with van der Waals surface area (Å²) in [7, 11) is 0. The third-order valence-corrected chi connectivity index (χ3v) is 5.17. The highest BCUT2D eigenvalue weighted by molar-refractivity contribution is 5.99. The molecule has 0 aliphatic carbocycles. The van der Waals surface area contributed by atoms with E-state index < -0.39 is 0 Å². The van der Waals surface area contributed by atoms with Crippen LogP contribution in [-0.4, -0.2) is 42.2 Å². The van der Waals surface area contributed by atoms with Crippen molar-refractivity contribution in [2.45, 2.75) is 20.4 Å². The topological polar surface area (TPSA) is 70.2 Å². The molecule has 1 aliphatic heterocycles. The smallest absolute Gasteiger partial charge is 0.251 e. The van der Waals surface area contributed by atoms with Gasteiger partial charge >= 0.3 is 0 Å². The Bertz CT molecular complexity index is 956. The highest BCUT2D eigenvalue weighted by Crippen LogP contribution is 2.22. The van der Waals surface area contributed by atoms with Crippen LogP contribution in [0.15, 0.2) is 36.5 Å². The summed E-state index contributed by atoms with van der Waals surface area (Å²) in [6.07, 6.45) is 1.83. The van der Waals surface area contributed by atoms with Gasteiger partial charge in [-0.05, 0) is 49.2 Å². The number of nitrogens with zero attached hydrogens (tertiary/aromatic N) is 2. The van der Waals surface area contributed by atoms with Gasteiger partial charge in [-0.25, -0.2) is 4.98 Å². The number of hydrogen-bond donors (Lipinski definition) is 2. The average Bonchev–Trinajstić information content (AvgIpc) is 3.00. The van der Waals surface area contributed by atoms with E-state index in [1.54, 1.807) is 0 Å². The second-order valence-corrected chi connectivity index (χ2v) is 6.94. The van der Waals surface area contributed by atoms with Crippen LogP contribution >= 0.6 is 0 Å². The van der Waals surface area contributed by atoms with Crippen molar-refractivity contribution in [2.75, 3.05) is 31.2 Å². The van der Waals surface area contributed by atoms with E-state index in [4.69, 9.17) is 4.74 Å². The first-order valence-electron chi connectivity index (χ1n) is 9.26. The minimum Gasteiger partial charge on any atom is -0.378 e. The normalized spacial score (nSPS) is 14.5. The molecule has 1 aromatic carbocycles. The van der Waals surface area contributed by atoms with Crippen LogP contribution in [0.25, 0.3) is 10.9 Å². The van der Waals surface area contributed by atoms with Crippen LogP contribution < -0.4 is 10.2 Å². The number of nitrogens with one attached hydrogen (secondary N) is 2. The van der Waals surface area contributed by atoms with Crippen molar-refractivity contribution in [1.29, 1.82) is 0 Å². The fourth-order valence-electron chi connectivity index (χ4n) is 3.39. The zero-order chi connectivity index (χ0) is 18.8. The van der Waals surface area contributed by atoms with Crippen molar-refractivity contribution in [2.24, 2.45) is 0 Å². The number of benzene rings is 1.